The number of amides is 1. The van der Waals surface area contributed by atoms with Crippen molar-refractivity contribution < 1.29 is 9.53 Å². The average molecular weight is 258 g/mol. The first-order chi connectivity index (χ1) is 8.65. The lowest BCUT2D eigenvalue weighted by Gasteiger charge is -2.19. The van der Waals surface area contributed by atoms with E-state index in [1.54, 1.807) is 0 Å². The SMILES string of the molecule is CCCCOCCNC(C)C(=O)NC(CC)CC. The van der Waals surface area contributed by atoms with Gasteiger partial charge in [0, 0.05) is 19.2 Å². The number of carbonyl (C=O) groups excluding carboxylic acids is 1. The van der Waals surface area contributed by atoms with Gasteiger partial charge in [0.2, 0.25) is 5.91 Å². The Morgan fingerprint density at radius 1 is 1.17 bits per heavy atom. The van der Waals surface area contributed by atoms with Crippen molar-refractivity contribution in [1.29, 1.82) is 0 Å². The summed E-state index contributed by atoms with van der Waals surface area (Å²) < 4.78 is 5.43. The second kappa shape index (κ2) is 11.5. The molecular formula is C14H30N2O2. The topological polar surface area (TPSA) is 50.4 Å². The number of rotatable bonds is 11. The lowest BCUT2D eigenvalue weighted by molar-refractivity contribution is -0.123. The smallest absolute Gasteiger partial charge is 0.237 e. The van der Waals surface area contributed by atoms with Crippen molar-refractivity contribution in [1.82, 2.24) is 10.6 Å². The fraction of sp³-hybridized carbons (Fsp3) is 0.929. The molecule has 0 spiro atoms. The van der Waals surface area contributed by atoms with Crippen LogP contribution in [0.5, 0.6) is 0 Å². The minimum Gasteiger partial charge on any atom is -0.380 e. The highest BCUT2D eigenvalue weighted by Gasteiger charge is 2.14. The van der Waals surface area contributed by atoms with Gasteiger partial charge < -0.3 is 15.4 Å². The Hall–Kier alpha value is -0.610. The molecule has 1 atom stereocenters. The Labute approximate surface area is 112 Å². The normalized spacial score (nSPS) is 12.7. The minimum absolute atomic E-state index is 0.0808. The molecule has 0 aliphatic heterocycles. The summed E-state index contributed by atoms with van der Waals surface area (Å²) in [4.78, 5) is 11.8. The Morgan fingerprint density at radius 3 is 2.39 bits per heavy atom. The van der Waals surface area contributed by atoms with Gasteiger partial charge in [0.15, 0.2) is 0 Å². The second-order valence-electron chi connectivity index (χ2n) is 4.66. The van der Waals surface area contributed by atoms with E-state index in [2.05, 4.69) is 31.4 Å². The monoisotopic (exact) mass is 258 g/mol. The molecule has 1 amide bonds. The Bertz CT molecular complexity index is 206. The Kier molecular flexibility index (Phi) is 11.1. The van der Waals surface area contributed by atoms with Crippen LogP contribution in [-0.2, 0) is 9.53 Å². The number of ether oxygens (including phenoxy) is 1. The highest BCUT2D eigenvalue weighted by atomic mass is 16.5. The van der Waals surface area contributed by atoms with E-state index in [9.17, 15) is 4.79 Å². The first kappa shape index (κ1) is 17.4. The molecule has 0 aliphatic rings. The van der Waals surface area contributed by atoms with Crippen LogP contribution in [0.1, 0.15) is 53.4 Å². The minimum atomic E-state index is -0.152. The van der Waals surface area contributed by atoms with Gasteiger partial charge >= 0.3 is 0 Å². The van der Waals surface area contributed by atoms with Crippen LogP contribution in [0.4, 0.5) is 0 Å². The first-order valence-corrected chi connectivity index (χ1v) is 7.27. The number of carbonyl (C=O) groups is 1. The van der Waals surface area contributed by atoms with Gasteiger partial charge in [0.05, 0.1) is 12.6 Å². The third-order valence-corrected chi connectivity index (χ3v) is 3.06. The first-order valence-electron chi connectivity index (χ1n) is 7.27. The van der Waals surface area contributed by atoms with Gasteiger partial charge in [0.1, 0.15) is 0 Å². The number of unbranched alkanes of at least 4 members (excludes halogenated alkanes) is 1. The molecule has 0 heterocycles. The molecule has 4 nitrogen and oxygen atoms in total. The van der Waals surface area contributed by atoms with E-state index in [1.807, 2.05) is 6.92 Å². The van der Waals surface area contributed by atoms with Gasteiger partial charge in [-0.3, -0.25) is 4.79 Å². The molecule has 18 heavy (non-hydrogen) atoms. The molecule has 0 bridgehead atoms. The lowest BCUT2D eigenvalue weighted by atomic mass is 10.1. The van der Waals surface area contributed by atoms with E-state index in [1.165, 1.54) is 0 Å². The third kappa shape index (κ3) is 8.48. The van der Waals surface area contributed by atoms with E-state index in [0.717, 1.165) is 38.8 Å². The molecule has 0 rings (SSSR count). The molecule has 1 unspecified atom stereocenters. The predicted octanol–water partition coefficient (Wildman–Crippen LogP) is 2.09. The van der Waals surface area contributed by atoms with Crippen LogP contribution < -0.4 is 10.6 Å². The zero-order valence-electron chi connectivity index (χ0n) is 12.4. The summed E-state index contributed by atoms with van der Waals surface area (Å²) in [7, 11) is 0. The van der Waals surface area contributed by atoms with Crippen LogP contribution in [0.15, 0.2) is 0 Å². The van der Waals surface area contributed by atoms with Crippen LogP contribution in [-0.4, -0.2) is 37.7 Å². The second-order valence-corrected chi connectivity index (χ2v) is 4.66. The maximum absolute atomic E-state index is 11.8. The maximum Gasteiger partial charge on any atom is 0.237 e. The molecule has 0 aliphatic carbocycles. The molecule has 108 valence electrons. The summed E-state index contributed by atoms with van der Waals surface area (Å²) in [6.07, 6.45) is 4.22. The van der Waals surface area contributed by atoms with Crippen molar-refractivity contribution in [2.24, 2.45) is 0 Å². The highest BCUT2D eigenvalue weighted by Crippen LogP contribution is 1.96. The zero-order chi connectivity index (χ0) is 13.8. The fourth-order valence-corrected chi connectivity index (χ4v) is 1.61. The van der Waals surface area contributed by atoms with Crippen molar-refractivity contribution in [3.8, 4) is 0 Å². The molecule has 0 radical (unpaired) electrons. The molecule has 0 saturated heterocycles. The molecule has 0 saturated carbocycles. The molecule has 0 aromatic heterocycles. The lowest BCUT2D eigenvalue weighted by Crippen LogP contribution is -2.46. The fourth-order valence-electron chi connectivity index (χ4n) is 1.61. The number of hydrogen-bond acceptors (Lipinski definition) is 3. The van der Waals surface area contributed by atoms with Gasteiger partial charge in [0.25, 0.3) is 0 Å². The van der Waals surface area contributed by atoms with Crippen LogP contribution in [0.25, 0.3) is 0 Å². The van der Waals surface area contributed by atoms with Crippen molar-refractivity contribution in [2.45, 2.75) is 65.5 Å². The van der Waals surface area contributed by atoms with E-state index >= 15 is 0 Å². The largest absolute Gasteiger partial charge is 0.380 e. The summed E-state index contributed by atoms with van der Waals surface area (Å²) in [6.45, 7) is 10.4. The van der Waals surface area contributed by atoms with Gasteiger partial charge in [-0.05, 0) is 26.2 Å². The van der Waals surface area contributed by atoms with Crippen LogP contribution in [0.2, 0.25) is 0 Å². The van der Waals surface area contributed by atoms with E-state index in [0.29, 0.717) is 12.6 Å². The van der Waals surface area contributed by atoms with Gasteiger partial charge in [-0.2, -0.15) is 0 Å². The van der Waals surface area contributed by atoms with Crippen LogP contribution >= 0.6 is 0 Å². The van der Waals surface area contributed by atoms with Crippen molar-refractivity contribution in [2.75, 3.05) is 19.8 Å². The molecule has 0 aromatic carbocycles. The standard InChI is InChI=1S/C14H30N2O2/c1-5-8-10-18-11-9-15-12(4)14(17)16-13(6-2)7-3/h12-13,15H,5-11H2,1-4H3,(H,16,17). The van der Waals surface area contributed by atoms with Gasteiger partial charge in [-0.15, -0.1) is 0 Å². The maximum atomic E-state index is 11.8. The zero-order valence-corrected chi connectivity index (χ0v) is 12.4. The number of nitrogens with one attached hydrogen (secondary N) is 2. The Morgan fingerprint density at radius 2 is 1.83 bits per heavy atom. The summed E-state index contributed by atoms with van der Waals surface area (Å²) in [5, 5.41) is 6.21. The van der Waals surface area contributed by atoms with Crippen LogP contribution in [0.3, 0.4) is 0 Å². The van der Waals surface area contributed by atoms with Crippen molar-refractivity contribution in [3.05, 3.63) is 0 Å². The van der Waals surface area contributed by atoms with Crippen molar-refractivity contribution >= 4 is 5.91 Å². The molecule has 4 heteroatoms. The average Bonchev–Trinajstić information content (AvgIpc) is 2.39. The van der Waals surface area contributed by atoms with E-state index in [4.69, 9.17) is 4.74 Å². The highest BCUT2D eigenvalue weighted by molar-refractivity contribution is 5.81. The molecule has 2 N–H and O–H groups in total. The van der Waals surface area contributed by atoms with Gasteiger partial charge in [-0.25, -0.2) is 0 Å². The summed E-state index contributed by atoms with van der Waals surface area (Å²) in [5.41, 5.74) is 0. The number of hydrogen-bond donors (Lipinski definition) is 2. The summed E-state index contributed by atoms with van der Waals surface area (Å²) in [5.74, 6) is 0.0808. The third-order valence-electron chi connectivity index (χ3n) is 3.06. The molecule has 0 aromatic rings. The van der Waals surface area contributed by atoms with E-state index in [-0.39, 0.29) is 11.9 Å². The van der Waals surface area contributed by atoms with Crippen molar-refractivity contribution in [3.63, 3.8) is 0 Å². The van der Waals surface area contributed by atoms with E-state index < -0.39 is 0 Å². The molecule has 0 fully saturated rings. The van der Waals surface area contributed by atoms with Gasteiger partial charge in [-0.1, -0.05) is 27.2 Å². The quantitative estimate of drug-likeness (QED) is 0.558. The predicted molar refractivity (Wildman–Crippen MR) is 75.7 cm³/mol. The summed E-state index contributed by atoms with van der Waals surface area (Å²) >= 11 is 0. The summed E-state index contributed by atoms with van der Waals surface area (Å²) in [6, 6.07) is 0.142. The van der Waals surface area contributed by atoms with Crippen LogP contribution in [0, 0.1) is 0 Å². The molecular weight excluding hydrogens is 228 g/mol. The Balaban J connectivity index is 3.61.